The van der Waals surface area contributed by atoms with Crippen LogP contribution in [0.5, 0.6) is 0 Å². The molecule has 2 N–H and O–H groups in total. The van der Waals surface area contributed by atoms with Gasteiger partial charge in [0.05, 0.1) is 6.07 Å². The first-order valence-corrected chi connectivity index (χ1v) is 6.24. The minimum atomic E-state index is -1.31. The Balaban J connectivity index is 2.47. The summed E-state index contributed by atoms with van der Waals surface area (Å²) in [5.74, 6) is -2.37. The van der Waals surface area contributed by atoms with Crippen molar-refractivity contribution in [3.63, 3.8) is 0 Å². The molecule has 0 aliphatic heterocycles. The van der Waals surface area contributed by atoms with Crippen molar-refractivity contribution >= 4 is 22.6 Å². The summed E-state index contributed by atoms with van der Waals surface area (Å²) >= 11 is 0. The number of amides is 1. The molecule has 1 aromatic carbocycles. The van der Waals surface area contributed by atoms with Gasteiger partial charge >= 0.3 is 0 Å². The SMILES string of the molecule is CNC(=O)C(C#N)C(=O)c1ccc2[nH]c(C)c(C)c2c1. The Labute approximate surface area is 116 Å². The topological polar surface area (TPSA) is 85.8 Å². The second kappa shape index (κ2) is 5.17. The zero-order chi connectivity index (χ0) is 14.9. The molecule has 1 aromatic heterocycles. The smallest absolute Gasteiger partial charge is 0.245 e. The molecule has 0 aliphatic carbocycles. The van der Waals surface area contributed by atoms with E-state index in [-0.39, 0.29) is 0 Å². The number of aromatic amines is 1. The number of H-pyrrole nitrogens is 1. The van der Waals surface area contributed by atoms with E-state index < -0.39 is 17.6 Å². The van der Waals surface area contributed by atoms with Crippen LogP contribution in [0.3, 0.4) is 0 Å². The Morgan fingerprint density at radius 3 is 2.65 bits per heavy atom. The minimum Gasteiger partial charge on any atom is -0.358 e. The Bertz CT molecular complexity index is 737. The number of rotatable bonds is 3. The van der Waals surface area contributed by atoms with E-state index in [4.69, 9.17) is 5.26 Å². The quantitative estimate of drug-likeness (QED) is 0.658. The van der Waals surface area contributed by atoms with Gasteiger partial charge < -0.3 is 10.3 Å². The number of nitriles is 1. The fourth-order valence-electron chi connectivity index (χ4n) is 2.16. The summed E-state index contributed by atoms with van der Waals surface area (Å²) in [6.07, 6.45) is 0. The number of Topliss-reactive ketones (excluding diaryl/α,β-unsaturated/α-hetero) is 1. The number of nitrogens with one attached hydrogen (secondary N) is 2. The number of aromatic nitrogens is 1. The molecule has 2 rings (SSSR count). The van der Waals surface area contributed by atoms with E-state index in [2.05, 4.69) is 10.3 Å². The molecule has 1 heterocycles. The molecule has 1 unspecified atom stereocenters. The third kappa shape index (κ3) is 2.16. The highest BCUT2D eigenvalue weighted by molar-refractivity contribution is 6.13. The first-order valence-electron chi connectivity index (χ1n) is 6.24. The van der Waals surface area contributed by atoms with Gasteiger partial charge in [0.25, 0.3) is 0 Å². The maximum absolute atomic E-state index is 12.2. The second-order valence-corrected chi connectivity index (χ2v) is 4.68. The number of aryl methyl sites for hydroxylation is 2. The van der Waals surface area contributed by atoms with Crippen molar-refractivity contribution < 1.29 is 9.59 Å². The highest BCUT2D eigenvalue weighted by Crippen LogP contribution is 2.23. The summed E-state index contributed by atoms with van der Waals surface area (Å²) in [5, 5.41) is 12.3. The normalized spacial score (nSPS) is 11.9. The third-order valence-electron chi connectivity index (χ3n) is 3.49. The summed E-state index contributed by atoms with van der Waals surface area (Å²) in [5.41, 5.74) is 3.40. The lowest BCUT2D eigenvalue weighted by Gasteiger charge is -2.07. The van der Waals surface area contributed by atoms with Crippen molar-refractivity contribution in [3.8, 4) is 6.07 Å². The van der Waals surface area contributed by atoms with Crippen LogP contribution in [-0.4, -0.2) is 23.7 Å². The molecule has 0 saturated carbocycles. The van der Waals surface area contributed by atoms with Crippen molar-refractivity contribution in [2.75, 3.05) is 7.05 Å². The molecule has 2 aromatic rings. The van der Waals surface area contributed by atoms with Crippen LogP contribution in [0.1, 0.15) is 21.6 Å². The van der Waals surface area contributed by atoms with E-state index in [1.165, 1.54) is 7.05 Å². The predicted molar refractivity (Wildman–Crippen MR) is 75.3 cm³/mol. The van der Waals surface area contributed by atoms with Gasteiger partial charge in [0.2, 0.25) is 5.91 Å². The molecule has 0 saturated heterocycles. The number of hydrogen-bond donors (Lipinski definition) is 2. The van der Waals surface area contributed by atoms with Crippen molar-refractivity contribution in [1.29, 1.82) is 5.26 Å². The van der Waals surface area contributed by atoms with Gasteiger partial charge in [0.1, 0.15) is 0 Å². The van der Waals surface area contributed by atoms with Gasteiger partial charge in [-0.25, -0.2) is 0 Å². The maximum atomic E-state index is 12.2. The van der Waals surface area contributed by atoms with E-state index in [1.807, 2.05) is 13.8 Å². The van der Waals surface area contributed by atoms with Crippen LogP contribution < -0.4 is 5.32 Å². The first-order chi connectivity index (χ1) is 9.49. The highest BCUT2D eigenvalue weighted by Gasteiger charge is 2.26. The Hall–Kier alpha value is -2.61. The molecule has 5 heteroatoms. The number of carbonyl (C=O) groups excluding carboxylic acids is 2. The van der Waals surface area contributed by atoms with Gasteiger partial charge in [0.15, 0.2) is 11.7 Å². The van der Waals surface area contributed by atoms with Crippen LogP contribution >= 0.6 is 0 Å². The number of benzene rings is 1. The molecule has 0 aliphatic rings. The molecule has 0 bridgehead atoms. The van der Waals surface area contributed by atoms with Gasteiger partial charge in [-0.15, -0.1) is 0 Å². The van der Waals surface area contributed by atoms with Gasteiger partial charge in [-0.05, 0) is 37.6 Å². The van der Waals surface area contributed by atoms with Crippen molar-refractivity contribution in [2.24, 2.45) is 5.92 Å². The average molecular weight is 269 g/mol. The van der Waals surface area contributed by atoms with Gasteiger partial charge in [-0.1, -0.05) is 0 Å². The van der Waals surface area contributed by atoms with Crippen LogP contribution in [-0.2, 0) is 4.79 Å². The van der Waals surface area contributed by atoms with Crippen LogP contribution in [0.2, 0.25) is 0 Å². The summed E-state index contributed by atoms with van der Waals surface area (Å²) in [4.78, 5) is 27.0. The van der Waals surface area contributed by atoms with E-state index in [1.54, 1.807) is 24.3 Å². The van der Waals surface area contributed by atoms with Gasteiger partial charge in [-0.3, -0.25) is 9.59 Å². The molecule has 5 nitrogen and oxygen atoms in total. The Morgan fingerprint density at radius 2 is 2.05 bits per heavy atom. The first kappa shape index (κ1) is 13.8. The van der Waals surface area contributed by atoms with Crippen LogP contribution in [0, 0.1) is 31.1 Å². The van der Waals surface area contributed by atoms with E-state index in [9.17, 15) is 9.59 Å². The number of fused-ring (bicyclic) bond motifs is 1. The molecule has 20 heavy (non-hydrogen) atoms. The minimum absolute atomic E-state index is 0.370. The Morgan fingerprint density at radius 1 is 1.35 bits per heavy atom. The molecule has 0 spiro atoms. The second-order valence-electron chi connectivity index (χ2n) is 4.68. The molecule has 0 radical (unpaired) electrons. The number of ketones is 1. The van der Waals surface area contributed by atoms with E-state index in [0.29, 0.717) is 5.56 Å². The summed E-state index contributed by atoms with van der Waals surface area (Å²) in [6, 6.07) is 6.90. The van der Waals surface area contributed by atoms with Crippen LogP contribution in [0.25, 0.3) is 10.9 Å². The molecule has 1 amide bonds. The van der Waals surface area contributed by atoms with E-state index >= 15 is 0 Å². The third-order valence-corrected chi connectivity index (χ3v) is 3.49. The monoisotopic (exact) mass is 269 g/mol. The lowest BCUT2D eigenvalue weighted by atomic mass is 9.96. The lowest BCUT2D eigenvalue weighted by molar-refractivity contribution is -0.121. The summed E-state index contributed by atoms with van der Waals surface area (Å²) in [7, 11) is 1.41. The number of nitrogens with zero attached hydrogens (tertiary/aromatic N) is 1. The fourth-order valence-corrected chi connectivity index (χ4v) is 2.16. The molecular weight excluding hydrogens is 254 g/mol. The predicted octanol–water partition coefficient (Wildman–Crippen LogP) is 1.85. The van der Waals surface area contributed by atoms with Crippen molar-refractivity contribution in [3.05, 3.63) is 35.0 Å². The average Bonchev–Trinajstić information content (AvgIpc) is 2.74. The summed E-state index contributed by atoms with van der Waals surface area (Å²) < 4.78 is 0. The van der Waals surface area contributed by atoms with Crippen molar-refractivity contribution in [2.45, 2.75) is 13.8 Å². The van der Waals surface area contributed by atoms with Crippen LogP contribution in [0.4, 0.5) is 0 Å². The maximum Gasteiger partial charge on any atom is 0.245 e. The zero-order valence-electron chi connectivity index (χ0n) is 11.6. The summed E-state index contributed by atoms with van der Waals surface area (Å²) in [6.45, 7) is 3.92. The van der Waals surface area contributed by atoms with Gasteiger partial charge in [-0.2, -0.15) is 5.26 Å². The number of hydrogen-bond acceptors (Lipinski definition) is 3. The molecule has 1 atom stereocenters. The van der Waals surface area contributed by atoms with Gasteiger partial charge in [0, 0.05) is 29.2 Å². The highest BCUT2D eigenvalue weighted by atomic mass is 16.2. The zero-order valence-corrected chi connectivity index (χ0v) is 11.6. The standard InChI is InChI=1S/C15H15N3O2/c1-8-9(2)18-13-5-4-10(6-11(8)13)14(19)12(7-16)15(20)17-3/h4-6,12,18H,1-3H3,(H,17,20). The molecular formula is C15H15N3O2. The molecule has 0 fully saturated rings. The largest absolute Gasteiger partial charge is 0.358 e. The Kier molecular flexibility index (Phi) is 3.57. The molecule has 102 valence electrons. The number of carbonyl (C=O) groups is 2. The van der Waals surface area contributed by atoms with Crippen LogP contribution in [0.15, 0.2) is 18.2 Å². The lowest BCUT2D eigenvalue weighted by Crippen LogP contribution is -2.32. The van der Waals surface area contributed by atoms with Crippen molar-refractivity contribution in [1.82, 2.24) is 10.3 Å². The van der Waals surface area contributed by atoms with E-state index in [0.717, 1.165) is 22.2 Å². The fraction of sp³-hybridized carbons (Fsp3) is 0.267.